The van der Waals surface area contributed by atoms with Crippen LogP contribution in [0.15, 0.2) is 38.9 Å². The second-order valence-corrected chi connectivity index (χ2v) is 7.50. The molecule has 0 aromatic rings. The molecular formula is C13H19N5O3S. The molecule has 0 aromatic carbocycles. The highest BCUT2D eigenvalue weighted by Gasteiger charge is 2.28. The maximum Gasteiger partial charge on any atom is 0.277 e. The van der Waals surface area contributed by atoms with Crippen molar-refractivity contribution in [3.63, 3.8) is 0 Å². The van der Waals surface area contributed by atoms with Crippen LogP contribution in [-0.2, 0) is 14.8 Å². The Bertz CT molecular complexity index is 661. The van der Waals surface area contributed by atoms with Crippen LogP contribution in [-0.4, -0.2) is 38.9 Å². The fraction of sp³-hybridized carbons (Fsp3) is 0.538. The number of nitrogens with one attached hydrogen (secondary N) is 2. The molecule has 0 radical (unpaired) electrons. The first-order chi connectivity index (χ1) is 10.4. The Labute approximate surface area is 129 Å². The third-order valence-electron chi connectivity index (χ3n) is 3.22. The van der Waals surface area contributed by atoms with Crippen LogP contribution >= 0.6 is 0 Å². The highest BCUT2D eigenvalue weighted by atomic mass is 32.2. The molecule has 9 heteroatoms. The molecule has 0 bridgehead atoms. The lowest BCUT2D eigenvalue weighted by Gasteiger charge is -2.19. The summed E-state index contributed by atoms with van der Waals surface area (Å²) in [7, 11) is -3.24. The smallest absolute Gasteiger partial charge is 0.277 e. The van der Waals surface area contributed by atoms with Gasteiger partial charge in [-0.15, -0.1) is 10.2 Å². The van der Waals surface area contributed by atoms with Crippen LogP contribution in [0.25, 0.3) is 0 Å². The minimum atomic E-state index is -3.24. The number of allylic oxidation sites excluding steroid dienone is 1. The molecule has 8 nitrogen and oxygen atoms in total. The molecule has 120 valence electrons. The van der Waals surface area contributed by atoms with Gasteiger partial charge in [-0.3, -0.25) is 9.79 Å². The summed E-state index contributed by atoms with van der Waals surface area (Å²) in [4.78, 5) is 15.8. The molecule has 2 aliphatic heterocycles. The molecule has 0 aliphatic carbocycles. The lowest BCUT2D eigenvalue weighted by Crippen LogP contribution is -2.33. The summed E-state index contributed by atoms with van der Waals surface area (Å²) in [5.74, 6) is -0.361. The summed E-state index contributed by atoms with van der Waals surface area (Å²) in [6.07, 6.45) is 5.60. The van der Waals surface area contributed by atoms with Gasteiger partial charge in [0.15, 0.2) is 5.82 Å². The molecule has 0 saturated carbocycles. The molecule has 2 aliphatic rings. The van der Waals surface area contributed by atoms with Crippen molar-refractivity contribution in [1.82, 2.24) is 10.0 Å². The maximum absolute atomic E-state index is 11.6. The number of amides is 1. The number of rotatable bonds is 7. The molecule has 22 heavy (non-hydrogen) atoms. The summed E-state index contributed by atoms with van der Waals surface area (Å²) in [6, 6.07) is 0. The van der Waals surface area contributed by atoms with Gasteiger partial charge in [-0.2, -0.15) is 0 Å². The van der Waals surface area contributed by atoms with Gasteiger partial charge in [0, 0.05) is 19.3 Å². The standard InChI is InChI=1S/C13H19N5O3S/c1-9(2)22(20,21)16-8-4-7-15-12-11-10(5-3-6-14-11)13(19)18-17-12/h3,5-6,9-10,15-16H,4,7-8H2,1-2H3. The molecule has 0 saturated heterocycles. The quantitative estimate of drug-likeness (QED) is 0.671. The Kier molecular flexibility index (Phi) is 5.19. The predicted molar refractivity (Wildman–Crippen MR) is 82.7 cm³/mol. The summed E-state index contributed by atoms with van der Waals surface area (Å²) >= 11 is 0. The lowest BCUT2D eigenvalue weighted by molar-refractivity contribution is -0.120. The van der Waals surface area contributed by atoms with E-state index in [0.29, 0.717) is 31.0 Å². The van der Waals surface area contributed by atoms with E-state index in [1.54, 1.807) is 32.2 Å². The zero-order valence-electron chi connectivity index (χ0n) is 12.5. The first-order valence-electron chi connectivity index (χ1n) is 7.05. The Morgan fingerprint density at radius 2 is 2.05 bits per heavy atom. The summed E-state index contributed by atoms with van der Waals surface area (Å²) in [5, 5.41) is 10.0. The van der Waals surface area contributed by atoms with Gasteiger partial charge in [0.25, 0.3) is 5.91 Å². The molecule has 2 rings (SSSR count). The second-order valence-electron chi connectivity index (χ2n) is 5.18. The first kappa shape index (κ1) is 16.5. The zero-order chi connectivity index (χ0) is 16.2. The summed E-state index contributed by atoms with van der Waals surface area (Å²) in [5.41, 5.74) is 0.547. The number of fused-ring (bicyclic) bond motifs is 1. The fourth-order valence-electron chi connectivity index (χ4n) is 1.88. The van der Waals surface area contributed by atoms with E-state index in [2.05, 4.69) is 25.3 Å². The van der Waals surface area contributed by atoms with Gasteiger partial charge in [0.1, 0.15) is 11.6 Å². The van der Waals surface area contributed by atoms with Crippen LogP contribution in [0.3, 0.4) is 0 Å². The average molecular weight is 325 g/mol. The Morgan fingerprint density at radius 1 is 1.27 bits per heavy atom. The third-order valence-corrected chi connectivity index (χ3v) is 5.07. The van der Waals surface area contributed by atoms with E-state index in [1.807, 2.05) is 0 Å². The van der Waals surface area contributed by atoms with Crippen LogP contribution in [0.4, 0.5) is 0 Å². The van der Waals surface area contributed by atoms with Crippen molar-refractivity contribution < 1.29 is 13.2 Å². The molecule has 0 aromatic heterocycles. The number of carbonyl (C=O) groups excluding carboxylic acids is 1. The Morgan fingerprint density at radius 3 is 2.77 bits per heavy atom. The van der Waals surface area contributed by atoms with Crippen molar-refractivity contribution >= 4 is 22.1 Å². The maximum atomic E-state index is 11.6. The van der Waals surface area contributed by atoms with Gasteiger partial charge >= 0.3 is 0 Å². The summed E-state index contributed by atoms with van der Waals surface area (Å²) < 4.78 is 25.7. The van der Waals surface area contributed by atoms with Crippen molar-refractivity contribution in [1.29, 1.82) is 0 Å². The van der Waals surface area contributed by atoms with Gasteiger partial charge in [-0.25, -0.2) is 13.1 Å². The normalized spacial score (nSPS) is 20.7. The molecule has 0 fully saturated rings. The van der Waals surface area contributed by atoms with Crippen LogP contribution in [0, 0.1) is 5.92 Å². The number of sulfonamides is 1. The monoisotopic (exact) mass is 325 g/mol. The molecule has 1 amide bonds. The van der Waals surface area contributed by atoms with Gasteiger partial charge in [-0.1, -0.05) is 6.08 Å². The number of dihydropyridines is 1. The number of azo groups is 1. The van der Waals surface area contributed by atoms with Gasteiger partial charge in [0.05, 0.1) is 5.25 Å². The minimum Gasteiger partial charge on any atom is -0.367 e. The average Bonchev–Trinajstić information content (AvgIpc) is 2.49. The molecule has 0 spiro atoms. The van der Waals surface area contributed by atoms with E-state index in [1.165, 1.54) is 0 Å². The minimum absolute atomic E-state index is 0.332. The fourth-order valence-corrected chi connectivity index (χ4v) is 2.64. The molecule has 2 N–H and O–H groups in total. The van der Waals surface area contributed by atoms with Crippen molar-refractivity contribution in [2.45, 2.75) is 25.5 Å². The van der Waals surface area contributed by atoms with Crippen LogP contribution in [0.1, 0.15) is 20.3 Å². The topological polar surface area (TPSA) is 112 Å². The first-order valence-corrected chi connectivity index (χ1v) is 8.59. The number of hydrogen-bond donors (Lipinski definition) is 2. The molecule has 2 heterocycles. The largest absolute Gasteiger partial charge is 0.367 e. The zero-order valence-corrected chi connectivity index (χ0v) is 13.3. The number of aliphatic imine (C=N–C) groups is 1. The van der Waals surface area contributed by atoms with Crippen molar-refractivity contribution in [2.75, 3.05) is 13.1 Å². The Hall–Kier alpha value is -1.87. The van der Waals surface area contributed by atoms with E-state index in [4.69, 9.17) is 0 Å². The molecular weight excluding hydrogens is 306 g/mol. The van der Waals surface area contributed by atoms with Crippen molar-refractivity contribution in [3.05, 3.63) is 23.7 Å². The molecule has 1 atom stereocenters. The number of hydrogen-bond acceptors (Lipinski definition) is 6. The van der Waals surface area contributed by atoms with Crippen LogP contribution < -0.4 is 10.0 Å². The number of carbonyl (C=O) groups is 1. The van der Waals surface area contributed by atoms with Crippen LogP contribution in [0.5, 0.6) is 0 Å². The van der Waals surface area contributed by atoms with Crippen molar-refractivity contribution in [3.8, 4) is 0 Å². The Balaban J connectivity index is 1.85. The number of nitrogens with zero attached hydrogens (tertiary/aromatic N) is 3. The van der Waals surface area contributed by atoms with E-state index in [0.717, 1.165) is 0 Å². The summed E-state index contributed by atoms with van der Waals surface area (Å²) in [6.45, 7) is 4.08. The van der Waals surface area contributed by atoms with E-state index in [9.17, 15) is 13.2 Å². The van der Waals surface area contributed by atoms with Gasteiger partial charge in [0.2, 0.25) is 10.0 Å². The van der Waals surface area contributed by atoms with Gasteiger partial charge < -0.3 is 5.32 Å². The highest BCUT2D eigenvalue weighted by Crippen LogP contribution is 2.26. The van der Waals surface area contributed by atoms with E-state index in [-0.39, 0.29) is 5.91 Å². The van der Waals surface area contributed by atoms with Gasteiger partial charge in [-0.05, 0) is 26.3 Å². The van der Waals surface area contributed by atoms with E-state index >= 15 is 0 Å². The lowest BCUT2D eigenvalue weighted by atomic mass is 10.0. The second kappa shape index (κ2) is 6.93. The third kappa shape index (κ3) is 3.86. The highest BCUT2D eigenvalue weighted by molar-refractivity contribution is 7.90. The van der Waals surface area contributed by atoms with E-state index < -0.39 is 21.2 Å². The van der Waals surface area contributed by atoms with Crippen LogP contribution in [0.2, 0.25) is 0 Å². The molecule has 1 unspecified atom stereocenters. The SMILES string of the molecule is CC(C)S(=O)(=O)NCCCNC1=C2N=CC=CC2C(=O)N=N1. The predicted octanol–water partition coefficient (Wildman–Crippen LogP) is 0.712. The van der Waals surface area contributed by atoms with Crippen molar-refractivity contribution in [2.24, 2.45) is 21.1 Å².